The monoisotopic (exact) mass is 571 g/mol. The Balaban J connectivity index is 1.40. The van der Waals surface area contributed by atoms with Crippen molar-refractivity contribution < 1.29 is 23.9 Å². The van der Waals surface area contributed by atoms with Gasteiger partial charge >= 0.3 is 0 Å². The summed E-state index contributed by atoms with van der Waals surface area (Å²) in [5, 5.41) is 3.24. The van der Waals surface area contributed by atoms with Crippen molar-refractivity contribution in [2.75, 3.05) is 13.7 Å². The second kappa shape index (κ2) is 13.8. The van der Waals surface area contributed by atoms with Crippen molar-refractivity contribution in [3.63, 3.8) is 0 Å². The summed E-state index contributed by atoms with van der Waals surface area (Å²) in [5.41, 5.74) is 1.78. The summed E-state index contributed by atoms with van der Waals surface area (Å²) >= 11 is 0. The van der Waals surface area contributed by atoms with Gasteiger partial charge in [-0.2, -0.15) is 0 Å². The highest BCUT2D eigenvalue weighted by Crippen LogP contribution is 2.35. The molecule has 0 unspecified atom stereocenters. The third kappa shape index (κ3) is 6.92. The number of methoxy groups -OCH3 is 1. The average Bonchev–Trinajstić information content (AvgIpc) is 3.27. The quantitative estimate of drug-likeness (QED) is 0.318. The van der Waals surface area contributed by atoms with Crippen LogP contribution in [0.3, 0.4) is 0 Å². The Morgan fingerprint density at radius 2 is 1.60 bits per heavy atom. The minimum absolute atomic E-state index is 0.0143. The lowest BCUT2D eigenvalue weighted by Crippen LogP contribution is -2.53. The van der Waals surface area contributed by atoms with E-state index < -0.39 is 6.04 Å². The zero-order valence-corrected chi connectivity index (χ0v) is 24.4. The minimum atomic E-state index is -0.759. The molecule has 42 heavy (non-hydrogen) atoms. The first-order valence-electron chi connectivity index (χ1n) is 15.2. The lowest BCUT2D eigenvalue weighted by atomic mass is 9.85. The maximum Gasteiger partial charge on any atom is 0.243 e. The number of fused-ring (bicyclic) bond motifs is 1. The highest BCUT2D eigenvalue weighted by molar-refractivity contribution is 6.05. The summed E-state index contributed by atoms with van der Waals surface area (Å²) in [6, 6.07) is 16.5. The number of nitrogens with zero attached hydrogens (tertiary/aromatic N) is 2. The largest absolute Gasteiger partial charge is 0.497 e. The van der Waals surface area contributed by atoms with Gasteiger partial charge in [0.15, 0.2) is 0 Å². The van der Waals surface area contributed by atoms with Gasteiger partial charge in [-0.15, -0.1) is 0 Å². The molecule has 2 aromatic carbocycles. The summed E-state index contributed by atoms with van der Waals surface area (Å²) in [6.07, 6.45) is 10.5. The molecule has 1 heterocycles. The summed E-state index contributed by atoms with van der Waals surface area (Å²) in [7, 11) is 1.59. The molecule has 8 nitrogen and oxygen atoms in total. The van der Waals surface area contributed by atoms with Crippen LogP contribution in [0, 0.1) is 11.8 Å². The summed E-state index contributed by atoms with van der Waals surface area (Å²) < 4.78 is 5.42. The van der Waals surface area contributed by atoms with Crippen molar-refractivity contribution in [1.82, 2.24) is 15.1 Å². The van der Waals surface area contributed by atoms with Crippen molar-refractivity contribution in [1.29, 1.82) is 0 Å². The van der Waals surface area contributed by atoms with E-state index in [9.17, 15) is 19.2 Å². The molecule has 3 aliphatic rings. The molecule has 2 aliphatic carbocycles. The van der Waals surface area contributed by atoms with Crippen LogP contribution in [0.2, 0.25) is 0 Å². The summed E-state index contributed by atoms with van der Waals surface area (Å²) in [5.74, 6) is -0.848. The summed E-state index contributed by atoms with van der Waals surface area (Å²) in [4.78, 5) is 57.0. The molecule has 222 valence electrons. The number of likely N-dealkylation sites (tertiary alicyclic amines) is 1. The smallest absolute Gasteiger partial charge is 0.243 e. The Hall–Kier alpha value is -3.94. The number of hydrogen-bond acceptors (Lipinski definition) is 5. The average molecular weight is 572 g/mol. The molecule has 0 bridgehead atoms. The number of imide groups is 1. The van der Waals surface area contributed by atoms with Crippen LogP contribution in [-0.2, 0) is 32.1 Å². The van der Waals surface area contributed by atoms with Gasteiger partial charge in [0.2, 0.25) is 23.6 Å². The number of amides is 4. The van der Waals surface area contributed by atoms with Gasteiger partial charge in [-0.3, -0.25) is 24.1 Å². The number of allylic oxidation sites excluding steroid dienone is 2. The number of ether oxygens (including phenoxy) is 1. The molecule has 1 saturated heterocycles. The molecule has 2 aromatic rings. The SMILES string of the molecule is COc1cccc(CN(C(=O)CCN2C(=O)[C@H]3CC=CC[C@H]3C2=O)[C@H](Cc2ccccc2)C(=O)NC2CCCCC2)c1. The van der Waals surface area contributed by atoms with Crippen LogP contribution >= 0.6 is 0 Å². The number of nitrogens with one attached hydrogen (secondary N) is 1. The van der Waals surface area contributed by atoms with Gasteiger partial charge in [-0.05, 0) is 48.9 Å². The number of hydrogen-bond donors (Lipinski definition) is 1. The van der Waals surface area contributed by atoms with Gasteiger partial charge in [0.25, 0.3) is 0 Å². The highest BCUT2D eigenvalue weighted by atomic mass is 16.5. The van der Waals surface area contributed by atoms with Gasteiger partial charge < -0.3 is 15.0 Å². The van der Waals surface area contributed by atoms with E-state index in [4.69, 9.17) is 4.74 Å². The van der Waals surface area contributed by atoms with Crippen LogP contribution < -0.4 is 10.1 Å². The molecule has 2 fully saturated rings. The maximum absolute atomic E-state index is 14.1. The maximum atomic E-state index is 14.1. The highest BCUT2D eigenvalue weighted by Gasteiger charge is 2.47. The first-order chi connectivity index (χ1) is 20.4. The summed E-state index contributed by atoms with van der Waals surface area (Å²) in [6.45, 7) is 0.211. The molecule has 1 aliphatic heterocycles. The third-order valence-electron chi connectivity index (χ3n) is 8.86. The van der Waals surface area contributed by atoms with Gasteiger partial charge in [0.05, 0.1) is 18.9 Å². The zero-order chi connectivity index (χ0) is 29.5. The van der Waals surface area contributed by atoms with Crippen LogP contribution in [0.25, 0.3) is 0 Å². The second-order valence-corrected chi connectivity index (χ2v) is 11.7. The van der Waals surface area contributed by atoms with E-state index in [-0.39, 0.29) is 61.0 Å². The predicted molar refractivity (Wildman–Crippen MR) is 159 cm³/mol. The van der Waals surface area contributed by atoms with Gasteiger partial charge in [-0.25, -0.2) is 0 Å². The minimum Gasteiger partial charge on any atom is -0.497 e. The van der Waals surface area contributed by atoms with Gasteiger partial charge in [0.1, 0.15) is 11.8 Å². The van der Waals surface area contributed by atoms with Crippen LogP contribution in [0.1, 0.15) is 62.5 Å². The number of carbonyl (C=O) groups excluding carboxylic acids is 4. The van der Waals surface area contributed by atoms with E-state index >= 15 is 0 Å². The molecular weight excluding hydrogens is 530 g/mol. The second-order valence-electron chi connectivity index (χ2n) is 11.7. The Morgan fingerprint density at radius 3 is 2.26 bits per heavy atom. The van der Waals surface area contributed by atoms with E-state index in [2.05, 4.69) is 5.32 Å². The van der Waals surface area contributed by atoms with Crippen LogP contribution in [0.5, 0.6) is 5.75 Å². The molecule has 0 spiro atoms. The molecule has 1 saturated carbocycles. The first kappa shape index (κ1) is 29.5. The van der Waals surface area contributed by atoms with Gasteiger partial charge in [0, 0.05) is 32.0 Å². The number of carbonyl (C=O) groups is 4. The molecule has 1 N–H and O–H groups in total. The Bertz CT molecular complexity index is 1280. The fourth-order valence-corrected chi connectivity index (χ4v) is 6.51. The lowest BCUT2D eigenvalue weighted by Gasteiger charge is -2.34. The van der Waals surface area contributed by atoms with Crippen molar-refractivity contribution in [3.05, 3.63) is 77.9 Å². The normalized spacial score (nSPS) is 21.1. The number of rotatable bonds is 11. The van der Waals surface area contributed by atoms with E-state index in [0.717, 1.165) is 36.8 Å². The Labute approximate surface area is 248 Å². The van der Waals surface area contributed by atoms with Crippen molar-refractivity contribution in [3.8, 4) is 5.75 Å². The molecule has 0 aromatic heterocycles. The predicted octanol–water partition coefficient (Wildman–Crippen LogP) is 4.43. The fraction of sp³-hybridized carbons (Fsp3) is 0.471. The first-order valence-corrected chi connectivity index (χ1v) is 15.2. The standard InChI is InChI=1S/C34H41N3O5/c1-42-27-16-10-13-25(21-27)23-37(31(38)19-20-36-33(40)28-17-8-9-18-29(28)34(36)41)30(22-24-11-4-2-5-12-24)32(39)35-26-14-6-3-7-15-26/h2,4-5,8-13,16,21,26,28-30H,3,6-7,14-15,17-20,22-23H2,1H3,(H,35,39)/t28-,29+,30-/m1/s1. The lowest BCUT2D eigenvalue weighted by molar-refractivity contribution is -0.144. The van der Waals surface area contributed by atoms with Gasteiger partial charge in [-0.1, -0.05) is 73.9 Å². The van der Waals surface area contributed by atoms with Crippen LogP contribution in [0.15, 0.2) is 66.7 Å². The van der Waals surface area contributed by atoms with E-state index in [1.165, 1.54) is 11.3 Å². The molecule has 0 radical (unpaired) electrons. The molecule has 4 amide bonds. The van der Waals surface area contributed by atoms with E-state index in [1.54, 1.807) is 12.0 Å². The number of benzene rings is 2. The van der Waals surface area contributed by atoms with Crippen molar-refractivity contribution in [2.45, 2.75) is 76.4 Å². The topological polar surface area (TPSA) is 96.0 Å². The van der Waals surface area contributed by atoms with E-state index in [0.29, 0.717) is 25.0 Å². The molecular formula is C34H41N3O5. The van der Waals surface area contributed by atoms with Crippen molar-refractivity contribution in [2.24, 2.45) is 11.8 Å². The molecule has 3 atom stereocenters. The molecule has 5 rings (SSSR count). The van der Waals surface area contributed by atoms with Crippen LogP contribution in [-0.4, -0.2) is 59.2 Å². The third-order valence-corrected chi connectivity index (χ3v) is 8.86. The Morgan fingerprint density at radius 1 is 0.929 bits per heavy atom. The zero-order valence-electron chi connectivity index (χ0n) is 24.4. The van der Waals surface area contributed by atoms with Crippen molar-refractivity contribution >= 4 is 23.6 Å². The van der Waals surface area contributed by atoms with Crippen LogP contribution in [0.4, 0.5) is 0 Å². The molecule has 8 heteroatoms. The Kier molecular flexibility index (Phi) is 9.72. The van der Waals surface area contributed by atoms with E-state index in [1.807, 2.05) is 66.7 Å². The fourth-order valence-electron chi connectivity index (χ4n) is 6.51.